The van der Waals surface area contributed by atoms with Crippen LogP contribution in [0.15, 0.2) is 35.3 Å². The fourth-order valence-corrected chi connectivity index (χ4v) is 4.39. The minimum Gasteiger partial charge on any atom is -0.448 e. The van der Waals surface area contributed by atoms with Crippen LogP contribution in [0.25, 0.3) is 0 Å². The second kappa shape index (κ2) is 9.80. The molecule has 2 aromatic carbocycles. The molecule has 1 aliphatic carbocycles. The number of hydrogen-bond acceptors (Lipinski definition) is 6. The zero-order valence-electron chi connectivity index (χ0n) is 19.5. The smallest absolute Gasteiger partial charge is 0.416 e. The zero-order chi connectivity index (χ0) is 27.1. The number of nitrogens with zero attached hydrogens (tertiary/aromatic N) is 1. The van der Waals surface area contributed by atoms with Crippen molar-refractivity contribution in [3.8, 4) is 5.75 Å². The summed E-state index contributed by atoms with van der Waals surface area (Å²) in [5.41, 5.74) is -1.62. The number of carbonyl (C=O) groups excluding carboxylic acids is 1. The van der Waals surface area contributed by atoms with Crippen LogP contribution in [0.2, 0.25) is 0 Å². The van der Waals surface area contributed by atoms with E-state index in [-0.39, 0.29) is 35.5 Å². The van der Waals surface area contributed by atoms with Gasteiger partial charge in [-0.2, -0.15) is 18.2 Å². The molecular formula is C23H22F5N3O5S. The molecule has 1 saturated carbocycles. The third-order valence-electron chi connectivity index (χ3n) is 5.69. The maximum Gasteiger partial charge on any atom is 0.416 e. The summed E-state index contributed by atoms with van der Waals surface area (Å²) in [6.45, 7) is 1.18. The fourth-order valence-electron chi connectivity index (χ4n) is 3.83. The lowest BCUT2D eigenvalue weighted by Gasteiger charge is -2.17. The van der Waals surface area contributed by atoms with E-state index in [0.717, 1.165) is 24.5 Å². The van der Waals surface area contributed by atoms with Crippen molar-refractivity contribution in [3.05, 3.63) is 58.7 Å². The molecule has 2 aromatic rings. The number of sulfonamides is 1. The van der Waals surface area contributed by atoms with Gasteiger partial charge in [-0.3, -0.25) is 9.52 Å². The molecule has 2 aliphatic rings. The molecule has 0 spiro atoms. The van der Waals surface area contributed by atoms with Crippen LogP contribution in [0.1, 0.15) is 48.4 Å². The number of benzene rings is 2. The van der Waals surface area contributed by atoms with Crippen LogP contribution < -0.4 is 14.8 Å². The molecule has 14 heteroatoms. The van der Waals surface area contributed by atoms with Crippen LogP contribution in [0.4, 0.5) is 27.6 Å². The number of aliphatic imine (C=N–C) groups is 1. The summed E-state index contributed by atoms with van der Waals surface area (Å²) in [5.74, 6) is -3.38. The van der Waals surface area contributed by atoms with Crippen molar-refractivity contribution in [3.63, 3.8) is 0 Å². The Morgan fingerprint density at radius 2 is 1.84 bits per heavy atom. The Balaban J connectivity index is 1.45. The van der Waals surface area contributed by atoms with Crippen LogP contribution in [-0.2, 0) is 25.7 Å². The van der Waals surface area contributed by atoms with Gasteiger partial charge < -0.3 is 14.8 Å². The molecule has 4 rings (SSSR count). The number of nitrogens with one attached hydrogen (secondary N) is 2. The van der Waals surface area contributed by atoms with Gasteiger partial charge in [0.05, 0.1) is 17.9 Å². The maximum atomic E-state index is 14.3. The number of halogens is 5. The van der Waals surface area contributed by atoms with Gasteiger partial charge in [0.2, 0.25) is 15.9 Å². The van der Waals surface area contributed by atoms with Gasteiger partial charge in [0, 0.05) is 5.56 Å². The zero-order valence-corrected chi connectivity index (χ0v) is 20.3. The quantitative estimate of drug-likeness (QED) is 0.505. The summed E-state index contributed by atoms with van der Waals surface area (Å²) in [4.78, 5) is 16.6. The van der Waals surface area contributed by atoms with E-state index < -0.39 is 57.1 Å². The maximum absolute atomic E-state index is 14.3. The Morgan fingerprint density at radius 3 is 2.41 bits per heavy atom. The summed E-state index contributed by atoms with van der Waals surface area (Å²) in [5, 5.41) is 2.51. The molecule has 2 atom stereocenters. The largest absolute Gasteiger partial charge is 0.448 e. The van der Waals surface area contributed by atoms with E-state index in [1.54, 1.807) is 4.72 Å². The topological polar surface area (TPSA) is 106 Å². The Kier molecular flexibility index (Phi) is 7.06. The monoisotopic (exact) mass is 547 g/mol. The minimum absolute atomic E-state index is 0.0137. The van der Waals surface area contributed by atoms with Crippen molar-refractivity contribution >= 4 is 27.7 Å². The Labute approximate surface area is 208 Å². The molecule has 1 unspecified atom stereocenters. The highest BCUT2D eigenvalue weighted by Crippen LogP contribution is 2.49. The van der Waals surface area contributed by atoms with E-state index in [2.05, 4.69) is 10.3 Å². The average Bonchev–Trinajstić information content (AvgIpc) is 3.52. The fraction of sp³-hybridized carbons (Fsp3) is 0.391. The molecule has 0 saturated heterocycles. The van der Waals surface area contributed by atoms with Gasteiger partial charge in [-0.05, 0) is 55.5 Å². The van der Waals surface area contributed by atoms with E-state index in [1.807, 2.05) is 0 Å². The predicted octanol–water partition coefficient (Wildman–Crippen LogP) is 4.24. The van der Waals surface area contributed by atoms with Gasteiger partial charge in [0.15, 0.2) is 17.7 Å². The summed E-state index contributed by atoms with van der Waals surface area (Å²) in [6.07, 6.45) is -3.02. The highest BCUT2D eigenvalue weighted by atomic mass is 32.2. The van der Waals surface area contributed by atoms with Gasteiger partial charge in [-0.25, -0.2) is 17.2 Å². The number of amides is 1. The molecule has 1 amide bonds. The molecule has 0 aromatic heterocycles. The molecule has 1 fully saturated rings. The first-order chi connectivity index (χ1) is 17.2. The molecular weight excluding hydrogens is 525 g/mol. The van der Waals surface area contributed by atoms with Crippen LogP contribution in [0.3, 0.4) is 0 Å². The van der Waals surface area contributed by atoms with Crippen molar-refractivity contribution in [2.45, 2.75) is 43.9 Å². The molecule has 8 nitrogen and oxygen atoms in total. The lowest BCUT2D eigenvalue weighted by Crippen LogP contribution is -2.36. The predicted molar refractivity (Wildman–Crippen MR) is 123 cm³/mol. The second-order valence-corrected chi connectivity index (χ2v) is 10.5. The van der Waals surface area contributed by atoms with Crippen LogP contribution in [0.5, 0.6) is 5.75 Å². The number of hydrogen-bond donors (Lipinski definition) is 2. The summed E-state index contributed by atoms with van der Waals surface area (Å²) >= 11 is 0. The van der Waals surface area contributed by atoms with E-state index in [1.165, 1.54) is 19.1 Å². The summed E-state index contributed by atoms with van der Waals surface area (Å²) < 4.78 is 104. The van der Waals surface area contributed by atoms with E-state index in [9.17, 15) is 35.2 Å². The van der Waals surface area contributed by atoms with E-state index in [0.29, 0.717) is 12.8 Å². The van der Waals surface area contributed by atoms with Gasteiger partial charge in [-0.1, -0.05) is 6.07 Å². The first kappa shape index (κ1) is 26.6. The Hall–Kier alpha value is -3.42. The highest BCUT2D eigenvalue weighted by molar-refractivity contribution is 7.92. The lowest BCUT2D eigenvalue weighted by atomic mass is 10.0. The Bertz CT molecular complexity index is 1340. The number of rotatable bonds is 7. The molecule has 200 valence electrons. The van der Waals surface area contributed by atoms with Crippen molar-refractivity contribution in [2.75, 3.05) is 17.6 Å². The van der Waals surface area contributed by atoms with E-state index in [4.69, 9.17) is 9.47 Å². The normalized spacial score (nSPS) is 18.6. The molecule has 2 N–H and O–H groups in total. The van der Waals surface area contributed by atoms with Crippen LogP contribution in [0, 0.1) is 11.6 Å². The van der Waals surface area contributed by atoms with Gasteiger partial charge in [0.25, 0.3) is 0 Å². The number of ether oxygens (including phenoxy) is 2. The highest BCUT2D eigenvalue weighted by Gasteiger charge is 2.40. The number of alkyl halides is 3. The van der Waals surface area contributed by atoms with Crippen molar-refractivity contribution < 1.29 is 44.6 Å². The number of carbonyl (C=O) groups is 1. The standard InChI is InChI=1S/C23H22F5N3O5S/c1-11(13-8-15(24)20(16(25)9-13)31-37(2,33)34)29-21(32)17-10-35-22(30-17)36-18-5-3-4-14(23(26,27)28)19(18)12-6-7-12/h3-5,8-9,11-12,17,31H,6-7,10H2,1-2H3,(H,29,32)/t11-,17?/m1/s1. The lowest BCUT2D eigenvalue weighted by molar-refractivity contribution is -0.138. The van der Waals surface area contributed by atoms with Crippen molar-refractivity contribution in [1.29, 1.82) is 0 Å². The van der Waals surface area contributed by atoms with Gasteiger partial charge >= 0.3 is 12.3 Å². The molecule has 1 aliphatic heterocycles. The van der Waals surface area contributed by atoms with Gasteiger partial charge in [0.1, 0.15) is 18.0 Å². The van der Waals surface area contributed by atoms with Crippen molar-refractivity contribution in [2.24, 2.45) is 4.99 Å². The first-order valence-corrected chi connectivity index (χ1v) is 13.0. The number of anilines is 1. The van der Waals surface area contributed by atoms with Crippen LogP contribution >= 0.6 is 0 Å². The Morgan fingerprint density at radius 1 is 1.19 bits per heavy atom. The molecule has 0 radical (unpaired) electrons. The summed E-state index contributed by atoms with van der Waals surface area (Å²) in [6, 6.07) is 3.28. The summed E-state index contributed by atoms with van der Waals surface area (Å²) in [7, 11) is -3.92. The molecule has 1 heterocycles. The molecule has 37 heavy (non-hydrogen) atoms. The van der Waals surface area contributed by atoms with Gasteiger partial charge in [-0.15, -0.1) is 0 Å². The SMILES string of the molecule is C[C@@H](NC(=O)C1COC(Oc2cccc(C(F)(F)F)c2C2CC2)=N1)c1cc(F)c(NS(C)(=O)=O)c(F)c1. The van der Waals surface area contributed by atoms with Crippen molar-refractivity contribution in [1.82, 2.24) is 5.32 Å². The average molecular weight is 548 g/mol. The van der Waals surface area contributed by atoms with E-state index >= 15 is 0 Å². The minimum atomic E-state index is -4.56. The van der Waals surface area contributed by atoms with Crippen LogP contribution in [-0.4, -0.2) is 39.3 Å². The first-order valence-electron chi connectivity index (χ1n) is 11.1. The second-order valence-electron chi connectivity index (χ2n) is 8.78. The third-order valence-corrected chi connectivity index (χ3v) is 6.27. The molecule has 0 bridgehead atoms. The third kappa shape index (κ3) is 6.29.